The number of rotatable bonds is 0. The van der Waals surface area contributed by atoms with Gasteiger partial charge in [-0.1, -0.05) is 88.0 Å². The highest BCUT2D eigenvalue weighted by atomic mass is 79.9. The molecule has 0 radical (unpaired) electrons. The molecule has 4 aliphatic rings. The Morgan fingerprint density at radius 2 is 0.833 bits per heavy atom. The molecule has 42 heavy (non-hydrogen) atoms. The van der Waals surface area contributed by atoms with Crippen molar-refractivity contribution < 1.29 is 4.79 Å². The molecule has 2 saturated carbocycles. The molecule has 2 spiro atoms. The number of carbonyl (C=O) groups excluding carboxylic acids is 1. The SMILES string of the molecule is NC1CCC2(CC1)c1cc(Br)ccc1-c1ccc(Br)cc12.O=C1CCC2(CC1)c1cc(Br)ccc1-c1ccc(Br)cc12. The lowest BCUT2D eigenvalue weighted by Gasteiger charge is -2.38. The van der Waals surface area contributed by atoms with E-state index in [0.717, 1.165) is 47.5 Å². The standard InChI is InChI=1S/C18H17Br2N.C18H14Br2O/c2*19-11-1-3-14-15-4-2-12(20)10-17(15)18(16(14)9-11)7-5-13(21)6-8-18/h1-4,9-10,13H,5-8,21H2;1-4,9-10H,5-8H2. The molecule has 0 atom stereocenters. The first-order valence-corrected chi connectivity index (χ1v) is 17.9. The van der Waals surface area contributed by atoms with Crippen LogP contribution in [0.3, 0.4) is 0 Å². The molecule has 0 saturated heterocycles. The number of carbonyl (C=O) groups is 1. The van der Waals surface area contributed by atoms with E-state index in [0.29, 0.717) is 24.7 Å². The lowest BCUT2D eigenvalue weighted by atomic mass is 9.67. The predicted molar refractivity (Wildman–Crippen MR) is 186 cm³/mol. The second kappa shape index (κ2) is 11.1. The third-order valence-corrected chi connectivity index (χ3v) is 12.1. The number of hydrogen-bond acceptors (Lipinski definition) is 2. The third-order valence-electron chi connectivity index (χ3n) is 10.1. The van der Waals surface area contributed by atoms with E-state index in [1.54, 1.807) is 0 Å². The van der Waals surface area contributed by atoms with Gasteiger partial charge in [0.1, 0.15) is 5.78 Å². The Balaban J connectivity index is 0.000000137. The van der Waals surface area contributed by atoms with E-state index in [9.17, 15) is 4.79 Å². The Morgan fingerprint density at radius 1 is 0.524 bits per heavy atom. The van der Waals surface area contributed by atoms with Gasteiger partial charge in [0, 0.05) is 47.6 Å². The van der Waals surface area contributed by atoms with Gasteiger partial charge in [-0.15, -0.1) is 0 Å². The van der Waals surface area contributed by atoms with E-state index in [1.807, 2.05) is 0 Å². The van der Waals surface area contributed by atoms with Gasteiger partial charge in [-0.05, 0) is 132 Å². The number of fused-ring (bicyclic) bond motifs is 10. The van der Waals surface area contributed by atoms with Crippen molar-refractivity contribution >= 4 is 69.5 Å². The molecule has 0 aliphatic heterocycles. The van der Waals surface area contributed by atoms with Gasteiger partial charge >= 0.3 is 0 Å². The highest BCUT2D eigenvalue weighted by molar-refractivity contribution is 9.11. The van der Waals surface area contributed by atoms with Crippen molar-refractivity contribution in [2.24, 2.45) is 5.73 Å². The summed E-state index contributed by atoms with van der Waals surface area (Å²) in [6.07, 6.45) is 7.77. The molecule has 4 aliphatic carbocycles. The molecule has 0 bridgehead atoms. The molecule has 214 valence electrons. The Morgan fingerprint density at radius 3 is 1.17 bits per heavy atom. The van der Waals surface area contributed by atoms with Crippen molar-refractivity contribution in [3.63, 3.8) is 0 Å². The Kier molecular flexibility index (Phi) is 7.71. The van der Waals surface area contributed by atoms with Gasteiger partial charge in [0.05, 0.1) is 0 Å². The molecular weight excluding hydrogens is 782 g/mol. The summed E-state index contributed by atoms with van der Waals surface area (Å²) >= 11 is 14.5. The second-order valence-corrected chi connectivity index (χ2v) is 16.0. The van der Waals surface area contributed by atoms with Gasteiger partial charge < -0.3 is 5.73 Å². The maximum Gasteiger partial charge on any atom is 0.133 e. The predicted octanol–water partition coefficient (Wildman–Crippen LogP) is 11.0. The normalized spacial score (nSPS) is 19.1. The summed E-state index contributed by atoms with van der Waals surface area (Å²) in [7, 11) is 0. The van der Waals surface area contributed by atoms with Crippen LogP contribution in [0.5, 0.6) is 0 Å². The van der Waals surface area contributed by atoms with E-state index in [4.69, 9.17) is 5.73 Å². The quantitative estimate of drug-likeness (QED) is 0.192. The zero-order valence-electron chi connectivity index (χ0n) is 23.2. The molecule has 4 aromatic carbocycles. The minimum atomic E-state index is 0.0200. The first kappa shape index (κ1) is 29.2. The van der Waals surface area contributed by atoms with Crippen LogP contribution < -0.4 is 5.73 Å². The fourth-order valence-electron chi connectivity index (χ4n) is 8.05. The largest absolute Gasteiger partial charge is 0.328 e. The smallest absolute Gasteiger partial charge is 0.133 e. The van der Waals surface area contributed by atoms with Crippen molar-refractivity contribution in [1.29, 1.82) is 0 Å². The summed E-state index contributed by atoms with van der Waals surface area (Å²) in [5.74, 6) is 0.403. The third kappa shape index (κ3) is 4.75. The van der Waals surface area contributed by atoms with Crippen LogP contribution in [-0.2, 0) is 15.6 Å². The van der Waals surface area contributed by atoms with Gasteiger partial charge in [-0.3, -0.25) is 4.79 Å². The second-order valence-electron chi connectivity index (χ2n) is 12.3. The van der Waals surface area contributed by atoms with Gasteiger partial charge in [-0.2, -0.15) is 0 Å². The molecule has 2 nitrogen and oxygen atoms in total. The van der Waals surface area contributed by atoms with Gasteiger partial charge in [0.25, 0.3) is 0 Å². The lowest BCUT2D eigenvalue weighted by molar-refractivity contribution is -0.121. The first-order chi connectivity index (χ1) is 20.2. The van der Waals surface area contributed by atoms with E-state index in [1.165, 1.54) is 53.5 Å². The maximum atomic E-state index is 11.7. The molecule has 2 fully saturated rings. The highest BCUT2D eigenvalue weighted by Crippen LogP contribution is 2.57. The number of ketones is 1. The molecular formula is C36H31Br4NO. The summed E-state index contributed by atoms with van der Waals surface area (Å²) in [4.78, 5) is 11.7. The average molecular weight is 813 g/mol. The van der Waals surface area contributed by atoms with E-state index in [2.05, 4.69) is 137 Å². The van der Waals surface area contributed by atoms with E-state index < -0.39 is 0 Å². The Bertz CT molecular complexity index is 1620. The van der Waals surface area contributed by atoms with E-state index in [-0.39, 0.29) is 10.8 Å². The van der Waals surface area contributed by atoms with Crippen LogP contribution in [0, 0.1) is 0 Å². The molecule has 8 rings (SSSR count). The molecule has 0 unspecified atom stereocenters. The van der Waals surface area contributed by atoms with Crippen molar-refractivity contribution in [3.8, 4) is 22.3 Å². The zero-order valence-corrected chi connectivity index (χ0v) is 29.5. The number of nitrogens with two attached hydrogens (primary N) is 1. The molecule has 0 aromatic heterocycles. The van der Waals surface area contributed by atoms with Crippen LogP contribution >= 0.6 is 63.7 Å². The topological polar surface area (TPSA) is 43.1 Å². The summed E-state index contributed by atoms with van der Waals surface area (Å²) in [5.41, 5.74) is 17.5. The van der Waals surface area contributed by atoms with Crippen molar-refractivity contribution in [3.05, 3.63) is 113 Å². The van der Waals surface area contributed by atoms with Crippen molar-refractivity contribution in [2.75, 3.05) is 0 Å². The van der Waals surface area contributed by atoms with Crippen molar-refractivity contribution in [2.45, 2.75) is 68.2 Å². The maximum absolute atomic E-state index is 11.7. The minimum Gasteiger partial charge on any atom is -0.328 e. The fourth-order valence-corrected chi connectivity index (χ4v) is 9.49. The summed E-state index contributed by atoms with van der Waals surface area (Å²) in [6.45, 7) is 0. The highest BCUT2D eigenvalue weighted by Gasteiger charge is 2.46. The van der Waals surface area contributed by atoms with Crippen LogP contribution in [0.2, 0.25) is 0 Å². The Hall–Kier alpha value is -1.57. The van der Waals surface area contributed by atoms with Crippen LogP contribution in [0.15, 0.2) is 90.7 Å². The summed E-state index contributed by atoms with van der Waals surface area (Å²) in [6, 6.07) is 27.0. The van der Waals surface area contributed by atoms with Gasteiger partial charge in [-0.25, -0.2) is 0 Å². The lowest BCUT2D eigenvalue weighted by Crippen LogP contribution is -2.36. The van der Waals surface area contributed by atoms with E-state index >= 15 is 0 Å². The molecule has 0 heterocycles. The number of halogens is 4. The summed E-state index contributed by atoms with van der Waals surface area (Å²) < 4.78 is 4.57. The first-order valence-electron chi connectivity index (χ1n) is 14.7. The molecule has 0 amide bonds. The zero-order chi connectivity index (χ0) is 29.2. The average Bonchev–Trinajstić information content (AvgIpc) is 3.38. The number of Topliss-reactive ketones (excluding diaryl/α,β-unsaturated/α-hetero) is 1. The molecule has 4 aromatic rings. The van der Waals surface area contributed by atoms with Crippen LogP contribution in [-0.4, -0.2) is 11.8 Å². The van der Waals surface area contributed by atoms with Crippen LogP contribution in [0.1, 0.15) is 73.6 Å². The number of hydrogen-bond donors (Lipinski definition) is 1. The van der Waals surface area contributed by atoms with Crippen LogP contribution in [0.4, 0.5) is 0 Å². The Labute approximate surface area is 281 Å². The summed E-state index contributed by atoms with van der Waals surface area (Å²) in [5, 5.41) is 0. The molecule has 6 heteroatoms. The van der Waals surface area contributed by atoms with Crippen LogP contribution in [0.25, 0.3) is 22.3 Å². The number of benzene rings is 4. The van der Waals surface area contributed by atoms with Crippen molar-refractivity contribution in [1.82, 2.24) is 0 Å². The van der Waals surface area contributed by atoms with Gasteiger partial charge in [0.2, 0.25) is 0 Å². The fraction of sp³-hybridized carbons (Fsp3) is 0.306. The van der Waals surface area contributed by atoms with Gasteiger partial charge in [0.15, 0.2) is 0 Å². The monoisotopic (exact) mass is 809 g/mol. The minimum absolute atomic E-state index is 0.0200. The molecule has 2 N–H and O–H groups in total.